The van der Waals surface area contributed by atoms with Crippen LogP contribution in [-0.2, 0) is 0 Å². The van der Waals surface area contributed by atoms with E-state index in [4.69, 9.17) is 0 Å². The van der Waals surface area contributed by atoms with E-state index in [1.807, 2.05) is 6.92 Å². The summed E-state index contributed by atoms with van der Waals surface area (Å²) in [5.74, 6) is -0.0619. The Morgan fingerprint density at radius 2 is 2.23 bits per heavy atom. The highest BCUT2D eigenvalue weighted by molar-refractivity contribution is 5.55. The molecule has 2 aromatic rings. The van der Waals surface area contributed by atoms with Crippen molar-refractivity contribution >= 4 is 0 Å². The van der Waals surface area contributed by atoms with Crippen molar-refractivity contribution in [3.63, 3.8) is 0 Å². The number of rotatable bonds is 1. The standard InChI is InChI=1S/C9H7FN2O/c1-6-2-3-8(10)7(4-6)9-11-5-13-12-9/h2-5H,1H3. The van der Waals surface area contributed by atoms with Gasteiger partial charge in [-0.1, -0.05) is 16.8 Å². The second kappa shape index (κ2) is 2.97. The Morgan fingerprint density at radius 3 is 2.92 bits per heavy atom. The molecule has 0 unspecified atom stereocenters. The topological polar surface area (TPSA) is 38.9 Å². The van der Waals surface area contributed by atoms with E-state index in [9.17, 15) is 4.39 Å². The zero-order valence-corrected chi connectivity index (χ0v) is 6.99. The lowest BCUT2D eigenvalue weighted by molar-refractivity contribution is 0.418. The molecule has 0 bridgehead atoms. The number of halogens is 1. The van der Waals surface area contributed by atoms with Gasteiger partial charge in [-0.15, -0.1) is 0 Å². The van der Waals surface area contributed by atoms with Gasteiger partial charge < -0.3 is 4.52 Å². The summed E-state index contributed by atoms with van der Waals surface area (Å²) in [5, 5.41) is 3.56. The van der Waals surface area contributed by atoms with Crippen LogP contribution in [0.5, 0.6) is 0 Å². The largest absolute Gasteiger partial charge is 0.342 e. The molecule has 66 valence electrons. The second-order valence-electron chi connectivity index (χ2n) is 2.74. The van der Waals surface area contributed by atoms with Gasteiger partial charge in [0.1, 0.15) is 5.82 Å². The minimum Gasteiger partial charge on any atom is -0.342 e. The minimum absolute atomic E-state index is 0.279. The van der Waals surface area contributed by atoms with Crippen LogP contribution in [0.1, 0.15) is 5.56 Å². The zero-order chi connectivity index (χ0) is 9.26. The minimum atomic E-state index is -0.341. The van der Waals surface area contributed by atoms with Crippen LogP contribution in [0.25, 0.3) is 11.4 Å². The Hall–Kier alpha value is -1.71. The number of hydrogen-bond donors (Lipinski definition) is 0. The first-order valence-electron chi connectivity index (χ1n) is 3.80. The summed E-state index contributed by atoms with van der Waals surface area (Å²) in [6, 6.07) is 4.76. The van der Waals surface area contributed by atoms with Gasteiger partial charge in [0.05, 0.1) is 5.56 Å². The number of benzene rings is 1. The molecular formula is C9H7FN2O. The van der Waals surface area contributed by atoms with Gasteiger partial charge in [-0.05, 0) is 19.1 Å². The molecule has 0 fully saturated rings. The molecule has 0 saturated heterocycles. The van der Waals surface area contributed by atoms with E-state index in [-0.39, 0.29) is 11.6 Å². The number of hydrogen-bond acceptors (Lipinski definition) is 3. The van der Waals surface area contributed by atoms with Gasteiger partial charge in [-0.2, -0.15) is 4.98 Å². The molecule has 0 atom stereocenters. The van der Waals surface area contributed by atoms with Crippen LogP contribution in [0.3, 0.4) is 0 Å². The van der Waals surface area contributed by atoms with Crippen LogP contribution < -0.4 is 0 Å². The third-order valence-electron chi connectivity index (χ3n) is 1.72. The van der Waals surface area contributed by atoms with Crippen LogP contribution in [0.4, 0.5) is 4.39 Å². The van der Waals surface area contributed by atoms with E-state index in [1.165, 1.54) is 12.5 Å². The molecule has 0 aliphatic heterocycles. The molecule has 1 heterocycles. The third-order valence-corrected chi connectivity index (χ3v) is 1.72. The van der Waals surface area contributed by atoms with Crippen LogP contribution in [0.15, 0.2) is 29.1 Å². The van der Waals surface area contributed by atoms with E-state index < -0.39 is 0 Å². The summed E-state index contributed by atoms with van der Waals surface area (Å²) in [7, 11) is 0. The van der Waals surface area contributed by atoms with Gasteiger partial charge in [0.15, 0.2) is 0 Å². The molecule has 4 heteroatoms. The van der Waals surface area contributed by atoms with E-state index in [0.717, 1.165) is 5.56 Å². The average Bonchev–Trinajstić information content (AvgIpc) is 2.61. The lowest BCUT2D eigenvalue weighted by atomic mass is 10.1. The Morgan fingerprint density at radius 1 is 1.38 bits per heavy atom. The Kier molecular flexibility index (Phi) is 1.81. The van der Waals surface area contributed by atoms with Crippen molar-refractivity contribution in [3.8, 4) is 11.4 Å². The number of aromatic nitrogens is 2. The van der Waals surface area contributed by atoms with E-state index in [2.05, 4.69) is 14.7 Å². The van der Waals surface area contributed by atoms with Crippen LogP contribution in [0, 0.1) is 12.7 Å². The Bertz CT molecular complexity index is 412. The summed E-state index contributed by atoms with van der Waals surface area (Å²) < 4.78 is 17.7. The highest BCUT2D eigenvalue weighted by Gasteiger charge is 2.08. The van der Waals surface area contributed by atoms with Gasteiger partial charge in [0.25, 0.3) is 0 Å². The second-order valence-corrected chi connectivity index (χ2v) is 2.74. The van der Waals surface area contributed by atoms with Gasteiger partial charge >= 0.3 is 0 Å². The fraction of sp³-hybridized carbons (Fsp3) is 0.111. The maximum Gasteiger partial charge on any atom is 0.214 e. The van der Waals surface area contributed by atoms with Crippen LogP contribution in [0.2, 0.25) is 0 Å². The lowest BCUT2D eigenvalue weighted by Crippen LogP contribution is -1.87. The monoisotopic (exact) mass is 178 g/mol. The van der Waals surface area contributed by atoms with Gasteiger partial charge in [0, 0.05) is 0 Å². The maximum absolute atomic E-state index is 13.2. The number of nitrogens with zero attached hydrogens (tertiary/aromatic N) is 2. The molecule has 1 aromatic heterocycles. The number of aryl methyl sites for hydroxylation is 1. The van der Waals surface area contributed by atoms with Crippen molar-refractivity contribution in [2.45, 2.75) is 6.92 Å². The summed E-state index contributed by atoms with van der Waals surface area (Å²) in [6.45, 7) is 1.88. The molecule has 0 aliphatic carbocycles. The molecule has 3 nitrogen and oxygen atoms in total. The highest BCUT2D eigenvalue weighted by atomic mass is 19.1. The first kappa shape index (κ1) is 7.91. The molecule has 0 N–H and O–H groups in total. The summed E-state index contributed by atoms with van der Waals surface area (Å²) in [4.78, 5) is 3.77. The summed E-state index contributed by atoms with van der Waals surface area (Å²) in [6.07, 6.45) is 1.18. The first-order valence-corrected chi connectivity index (χ1v) is 3.80. The summed E-state index contributed by atoms with van der Waals surface area (Å²) >= 11 is 0. The predicted molar refractivity (Wildman–Crippen MR) is 44.4 cm³/mol. The Labute approximate surface area is 74.2 Å². The lowest BCUT2D eigenvalue weighted by Gasteiger charge is -1.98. The van der Waals surface area contributed by atoms with Crippen molar-refractivity contribution in [1.29, 1.82) is 0 Å². The molecule has 2 rings (SSSR count). The molecule has 0 aliphatic rings. The SMILES string of the molecule is Cc1ccc(F)c(-c2ncon2)c1. The fourth-order valence-electron chi connectivity index (χ4n) is 1.10. The third kappa shape index (κ3) is 1.42. The fourth-order valence-corrected chi connectivity index (χ4v) is 1.10. The maximum atomic E-state index is 13.2. The quantitative estimate of drug-likeness (QED) is 0.671. The van der Waals surface area contributed by atoms with Gasteiger partial charge in [-0.3, -0.25) is 0 Å². The van der Waals surface area contributed by atoms with Crippen molar-refractivity contribution in [2.24, 2.45) is 0 Å². The molecule has 0 radical (unpaired) electrons. The molecule has 0 saturated carbocycles. The molecular weight excluding hydrogens is 171 g/mol. The van der Waals surface area contributed by atoms with E-state index >= 15 is 0 Å². The van der Waals surface area contributed by atoms with Gasteiger partial charge in [-0.25, -0.2) is 4.39 Å². The average molecular weight is 178 g/mol. The van der Waals surface area contributed by atoms with Crippen molar-refractivity contribution in [2.75, 3.05) is 0 Å². The highest BCUT2D eigenvalue weighted by Crippen LogP contribution is 2.19. The molecule has 1 aromatic carbocycles. The summed E-state index contributed by atoms with van der Waals surface area (Å²) in [5.41, 5.74) is 1.33. The van der Waals surface area contributed by atoms with Crippen LogP contribution in [-0.4, -0.2) is 10.1 Å². The van der Waals surface area contributed by atoms with Crippen molar-refractivity contribution in [3.05, 3.63) is 36.0 Å². The molecule has 0 spiro atoms. The normalized spacial score (nSPS) is 10.3. The van der Waals surface area contributed by atoms with Crippen LogP contribution >= 0.6 is 0 Å². The van der Waals surface area contributed by atoms with E-state index in [0.29, 0.717) is 5.56 Å². The molecule has 0 amide bonds. The molecule has 13 heavy (non-hydrogen) atoms. The first-order chi connectivity index (χ1) is 6.27. The zero-order valence-electron chi connectivity index (χ0n) is 6.99. The van der Waals surface area contributed by atoms with Gasteiger partial charge in [0.2, 0.25) is 12.2 Å². The smallest absolute Gasteiger partial charge is 0.214 e. The van der Waals surface area contributed by atoms with E-state index in [1.54, 1.807) is 12.1 Å². The predicted octanol–water partition coefficient (Wildman–Crippen LogP) is 2.18. The Balaban J connectivity index is 2.57. The van der Waals surface area contributed by atoms with Crippen molar-refractivity contribution in [1.82, 2.24) is 10.1 Å². The van der Waals surface area contributed by atoms with Crippen molar-refractivity contribution < 1.29 is 8.91 Å².